The molecule has 1 fully saturated rings. The van der Waals surface area contributed by atoms with Crippen molar-refractivity contribution in [3.05, 3.63) is 53.9 Å². The fraction of sp³-hybridized carbons (Fsp3) is 0.158. The maximum Gasteiger partial charge on any atom is 0.227 e. The first-order chi connectivity index (χ1) is 11.7. The molecular weight excluding hydrogens is 320 g/mol. The number of anilines is 1. The number of para-hydroxylation sites is 1. The van der Waals surface area contributed by atoms with Crippen LogP contribution in [0.25, 0.3) is 21.8 Å². The number of aromatic nitrogens is 1. The largest absolute Gasteiger partial charge is 0.507 e. The number of phenols is 1. The van der Waals surface area contributed by atoms with Crippen molar-refractivity contribution in [1.82, 2.24) is 4.98 Å². The van der Waals surface area contributed by atoms with Crippen LogP contribution in [0.15, 0.2) is 53.9 Å². The van der Waals surface area contributed by atoms with Gasteiger partial charge in [-0.1, -0.05) is 24.3 Å². The van der Waals surface area contributed by atoms with Gasteiger partial charge in [0.15, 0.2) is 0 Å². The van der Waals surface area contributed by atoms with Gasteiger partial charge in [-0.2, -0.15) is 0 Å². The van der Waals surface area contributed by atoms with Gasteiger partial charge in [-0.15, -0.1) is 11.3 Å². The van der Waals surface area contributed by atoms with Crippen LogP contribution in [0.5, 0.6) is 5.75 Å². The van der Waals surface area contributed by atoms with Gasteiger partial charge >= 0.3 is 0 Å². The molecule has 0 spiro atoms. The maximum absolute atomic E-state index is 11.9. The Morgan fingerprint density at radius 2 is 2.00 bits per heavy atom. The SMILES string of the molecule is O=C1CCCN1c1cccc(-c2csc(-c3ccccc3O)n2)c1. The molecule has 2 heterocycles. The van der Waals surface area contributed by atoms with E-state index in [4.69, 9.17) is 0 Å². The van der Waals surface area contributed by atoms with Crippen molar-refractivity contribution in [2.24, 2.45) is 0 Å². The van der Waals surface area contributed by atoms with E-state index in [9.17, 15) is 9.90 Å². The molecule has 1 aromatic heterocycles. The predicted molar refractivity (Wildman–Crippen MR) is 96.2 cm³/mol. The Morgan fingerprint density at radius 3 is 2.79 bits per heavy atom. The summed E-state index contributed by atoms with van der Waals surface area (Å²) in [4.78, 5) is 18.4. The first-order valence-electron chi connectivity index (χ1n) is 7.87. The van der Waals surface area contributed by atoms with E-state index in [2.05, 4.69) is 4.98 Å². The standard InChI is InChI=1S/C19H16N2O2S/c22-17-8-2-1-7-15(17)19-20-16(12-24-19)13-5-3-6-14(11-13)21-10-4-9-18(21)23/h1-3,5-8,11-12,22H,4,9-10H2. The fourth-order valence-corrected chi connectivity index (χ4v) is 3.80. The summed E-state index contributed by atoms with van der Waals surface area (Å²) in [5.41, 5.74) is 3.49. The van der Waals surface area contributed by atoms with Crippen molar-refractivity contribution in [2.75, 3.05) is 11.4 Å². The summed E-state index contributed by atoms with van der Waals surface area (Å²) in [5, 5.41) is 12.7. The van der Waals surface area contributed by atoms with E-state index in [-0.39, 0.29) is 11.7 Å². The third-order valence-corrected chi connectivity index (χ3v) is 5.04. The molecule has 120 valence electrons. The Labute approximate surface area is 144 Å². The van der Waals surface area contributed by atoms with Crippen molar-refractivity contribution in [3.63, 3.8) is 0 Å². The van der Waals surface area contributed by atoms with E-state index >= 15 is 0 Å². The average molecular weight is 336 g/mol. The molecule has 1 saturated heterocycles. The topological polar surface area (TPSA) is 53.4 Å². The van der Waals surface area contributed by atoms with Gasteiger partial charge in [-0.3, -0.25) is 4.79 Å². The lowest BCUT2D eigenvalue weighted by Gasteiger charge is -2.16. The third-order valence-electron chi connectivity index (χ3n) is 4.17. The van der Waals surface area contributed by atoms with Crippen LogP contribution < -0.4 is 4.90 Å². The molecule has 0 saturated carbocycles. The number of carbonyl (C=O) groups is 1. The number of benzene rings is 2. The molecule has 1 amide bonds. The van der Waals surface area contributed by atoms with E-state index in [1.165, 1.54) is 11.3 Å². The maximum atomic E-state index is 11.9. The Morgan fingerprint density at radius 1 is 1.12 bits per heavy atom. The third kappa shape index (κ3) is 2.67. The molecule has 0 unspecified atom stereocenters. The molecule has 4 nitrogen and oxygen atoms in total. The Bertz CT molecular complexity index is 904. The highest BCUT2D eigenvalue weighted by Gasteiger charge is 2.22. The molecule has 0 bridgehead atoms. The van der Waals surface area contributed by atoms with Gasteiger partial charge in [0.1, 0.15) is 10.8 Å². The van der Waals surface area contributed by atoms with Gasteiger partial charge in [0.2, 0.25) is 5.91 Å². The molecule has 0 aliphatic carbocycles. The van der Waals surface area contributed by atoms with Gasteiger partial charge in [0, 0.05) is 29.6 Å². The van der Waals surface area contributed by atoms with Gasteiger partial charge in [0.25, 0.3) is 0 Å². The van der Waals surface area contributed by atoms with Crippen LogP contribution in [-0.4, -0.2) is 22.5 Å². The molecule has 3 aromatic rings. The van der Waals surface area contributed by atoms with Crippen LogP contribution in [0.3, 0.4) is 0 Å². The summed E-state index contributed by atoms with van der Waals surface area (Å²) in [6, 6.07) is 15.1. The van der Waals surface area contributed by atoms with Crippen LogP contribution in [0.1, 0.15) is 12.8 Å². The Kier molecular flexibility index (Phi) is 3.78. The van der Waals surface area contributed by atoms with Gasteiger partial charge in [-0.25, -0.2) is 4.98 Å². The first kappa shape index (κ1) is 14.9. The second kappa shape index (κ2) is 6.09. The van der Waals surface area contributed by atoms with Crippen molar-refractivity contribution >= 4 is 22.9 Å². The molecule has 0 radical (unpaired) electrons. The van der Waals surface area contributed by atoms with Crippen molar-refractivity contribution < 1.29 is 9.90 Å². The molecule has 24 heavy (non-hydrogen) atoms. The molecule has 1 aliphatic heterocycles. The van der Waals surface area contributed by atoms with E-state index in [0.29, 0.717) is 6.42 Å². The predicted octanol–water partition coefficient (Wildman–Crippen LogP) is 4.31. The number of nitrogens with zero attached hydrogens (tertiary/aromatic N) is 2. The lowest BCUT2D eigenvalue weighted by molar-refractivity contribution is -0.117. The smallest absolute Gasteiger partial charge is 0.227 e. The highest BCUT2D eigenvalue weighted by molar-refractivity contribution is 7.13. The van der Waals surface area contributed by atoms with Crippen molar-refractivity contribution in [2.45, 2.75) is 12.8 Å². The van der Waals surface area contributed by atoms with Gasteiger partial charge in [-0.05, 0) is 30.7 Å². The fourth-order valence-electron chi connectivity index (χ4n) is 2.94. The zero-order chi connectivity index (χ0) is 16.5. The minimum absolute atomic E-state index is 0.181. The summed E-state index contributed by atoms with van der Waals surface area (Å²) in [6.45, 7) is 0.780. The number of hydrogen-bond acceptors (Lipinski definition) is 4. The lowest BCUT2D eigenvalue weighted by atomic mass is 10.1. The van der Waals surface area contributed by atoms with Gasteiger partial charge in [0.05, 0.1) is 11.3 Å². The normalized spacial score (nSPS) is 14.3. The van der Waals surface area contributed by atoms with Crippen LogP contribution >= 0.6 is 11.3 Å². The molecule has 1 aliphatic rings. The summed E-state index contributed by atoms with van der Waals surface area (Å²) < 4.78 is 0. The van der Waals surface area contributed by atoms with E-state index < -0.39 is 0 Å². The Balaban J connectivity index is 1.68. The molecule has 5 heteroatoms. The summed E-state index contributed by atoms with van der Waals surface area (Å²) in [7, 11) is 0. The molecule has 0 atom stereocenters. The first-order valence-corrected chi connectivity index (χ1v) is 8.75. The number of amides is 1. The molecule has 4 rings (SSSR count). The second-order valence-electron chi connectivity index (χ2n) is 5.75. The summed E-state index contributed by atoms with van der Waals surface area (Å²) in [6.07, 6.45) is 1.54. The Hall–Kier alpha value is -2.66. The number of aromatic hydroxyl groups is 1. The zero-order valence-electron chi connectivity index (χ0n) is 13.0. The van der Waals surface area contributed by atoms with Crippen LogP contribution in [-0.2, 0) is 4.79 Å². The minimum Gasteiger partial charge on any atom is -0.507 e. The number of rotatable bonds is 3. The average Bonchev–Trinajstić information content (AvgIpc) is 3.24. The number of carbonyl (C=O) groups excluding carboxylic acids is 1. The second-order valence-corrected chi connectivity index (χ2v) is 6.61. The van der Waals surface area contributed by atoms with E-state index in [1.807, 2.05) is 46.7 Å². The number of thiazole rings is 1. The molecule has 2 aromatic carbocycles. The van der Waals surface area contributed by atoms with Crippen LogP contribution in [0, 0.1) is 0 Å². The highest BCUT2D eigenvalue weighted by atomic mass is 32.1. The quantitative estimate of drug-likeness (QED) is 0.775. The zero-order valence-corrected chi connectivity index (χ0v) is 13.8. The van der Waals surface area contributed by atoms with E-state index in [0.717, 1.165) is 40.5 Å². The van der Waals surface area contributed by atoms with E-state index in [1.54, 1.807) is 12.1 Å². The summed E-state index contributed by atoms with van der Waals surface area (Å²) >= 11 is 1.50. The lowest BCUT2D eigenvalue weighted by Crippen LogP contribution is -2.23. The van der Waals surface area contributed by atoms with Crippen molar-refractivity contribution in [1.29, 1.82) is 0 Å². The number of phenolic OH excluding ortho intramolecular Hbond substituents is 1. The van der Waals surface area contributed by atoms with Crippen LogP contribution in [0.2, 0.25) is 0 Å². The highest BCUT2D eigenvalue weighted by Crippen LogP contribution is 2.34. The van der Waals surface area contributed by atoms with Crippen molar-refractivity contribution in [3.8, 4) is 27.6 Å². The van der Waals surface area contributed by atoms with Gasteiger partial charge < -0.3 is 10.0 Å². The number of hydrogen-bond donors (Lipinski definition) is 1. The minimum atomic E-state index is 0.181. The monoisotopic (exact) mass is 336 g/mol. The molecule has 1 N–H and O–H groups in total. The summed E-state index contributed by atoms with van der Waals surface area (Å²) in [5.74, 6) is 0.412. The van der Waals surface area contributed by atoms with Crippen LogP contribution in [0.4, 0.5) is 5.69 Å². The molecular formula is C19H16N2O2S.